The standard InChI is InChI=1S/C20H20Br2O2S/c1-12-13(6-4-7-14(12)16-8-5-9-25-16)11-24-19(23)18-15(10-17(21)22)20(18,2)3/h4-10,15,18H,11H2,1-3H3/t15-,18-/m0/s1. The van der Waals surface area contributed by atoms with Crippen LogP contribution in [0.5, 0.6) is 0 Å². The van der Waals surface area contributed by atoms with Gasteiger partial charge in [0, 0.05) is 4.88 Å². The van der Waals surface area contributed by atoms with Gasteiger partial charge in [0.25, 0.3) is 0 Å². The van der Waals surface area contributed by atoms with Crippen LogP contribution >= 0.6 is 43.2 Å². The van der Waals surface area contributed by atoms with E-state index in [1.165, 1.54) is 16.0 Å². The average Bonchev–Trinajstić information content (AvgIpc) is 2.93. The van der Waals surface area contributed by atoms with Crippen LogP contribution in [0.25, 0.3) is 10.4 Å². The van der Waals surface area contributed by atoms with E-state index >= 15 is 0 Å². The van der Waals surface area contributed by atoms with Crippen LogP contribution in [0.2, 0.25) is 0 Å². The summed E-state index contributed by atoms with van der Waals surface area (Å²) in [6.45, 7) is 6.62. The zero-order valence-electron chi connectivity index (χ0n) is 14.4. The molecule has 1 aromatic heterocycles. The first-order valence-corrected chi connectivity index (χ1v) is 10.6. The molecule has 0 spiro atoms. The molecule has 1 saturated carbocycles. The third-order valence-corrected chi connectivity index (χ3v) is 6.50. The third kappa shape index (κ3) is 3.93. The average molecular weight is 484 g/mol. The molecule has 1 aliphatic rings. The van der Waals surface area contributed by atoms with Crippen molar-refractivity contribution in [2.75, 3.05) is 0 Å². The van der Waals surface area contributed by atoms with E-state index in [1.807, 2.05) is 18.2 Å². The molecule has 1 aromatic carbocycles. The Bertz CT molecular complexity index is 805. The minimum absolute atomic E-state index is 0.0578. The molecule has 25 heavy (non-hydrogen) atoms. The molecule has 0 unspecified atom stereocenters. The number of allylic oxidation sites excluding steroid dienone is 1. The van der Waals surface area contributed by atoms with Gasteiger partial charge < -0.3 is 4.74 Å². The summed E-state index contributed by atoms with van der Waals surface area (Å²) in [6.07, 6.45) is 2.04. The molecule has 0 aliphatic heterocycles. The smallest absolute Gasteiger partial charge is 0.310 e. The van der Waals surface area contributed by atoms with Crippen molar-refractivity contribution in [1.82, 2.24) is 0 Å². The number of thiophene rings is 1. The Balaban J connectivity index is 1.70. The molecule has 2 aromatic rings. The van der Waals surface area contributed by atoms with Crippen LogP contribution < -0.4 is 0 Å². The second kappa shape index (κ2) is 7.37. The molecular formula is C20H20Br2O2S. The number of carbonyl (C=O) groups excluding carboxylic acids is 1. The molecule has 5 heteroatoms. The molecule has 1 fully saturated rings. The van der Waals surface area contributed by atoms with Gasteiger partial charge >= 0.3 is 5.97 Å². The Kier molecular flexibility index (Phi) is 5.57. The molecule has 0 amide bonds. The third-order valence-electron chi connectivity index (χ3n) is 5.07. The normalized spacial score (nSPS) is 20.8. The maximum absolute atomic E-state index is 12.5. The topological polar surface area (TPSA) is 26.3 Å². The van der Waals surface area contributed by atoms with E-state index in [-0.39, 0.29) is 23.2 Å². The summed E-state index contributed by atoms with van der Waals surface area (Å²) < 4.78 is 6.54. The van der Waals surface area contributed by atoms with Crippen molar-refractivity contribution in [3.63, 3.8) is 0 Å². The zero-order valence-corrected chi connectivity index (χ0v) is 18.4. The predicted octanol–water partition coefficient (Wildman–Crippen LogP) is 6.67. The van der Waals surface area contributed by atoms with Crippen molar-refractivity contribution in [2.24, 2.45) is 17.3 Å². The van der Waals surface area contributed by atoms with Gasteiger partial charge in [0.05, 0.1) is 9.31 Å². The maximum Gasteiger partial charge on any atom is 0.310 e. The summed E-state index contributed by atoms with van der Waals surface area (Å²) in [5.41, 5.74) is 3.39. The van der Waals surface area contributed by atoms with E-state index in [9.17, 15) is 4.79 Å². The molecular weight excluding hydrogens is 464 g/mol. The Morgan fingerprint density at radius 2 is 2.04 bits per heavy atom. The van der Waals surface area contributed by atoms with Gasteiger partial charge in [-0.05, 0) is 78.3 Å². The first kappa shape index (κ1) is 18.9. The van der Waals surface area contributed by atoms with Crippen LogP contribution in [0, 0.1) is 24.2 Å². The summed E-state index contributed by atoms with van der Waals surface area (Å²) in [5, 5.41) is 2.08. The lowest BCUT2D eigenvalue weighted by molar-refractivity contribution is -0.147. The molecule has 2 atom stereocenters. The summed E-state index contributed by atoms with van der Waals surface area (Å²) in [5.74, 6) is -0.000823. The van der Waals surface area contributed by atoms with Crippen molar-refractivity contribution in [3.05, 3.63) is 56.3 Å². The molecule has 1 heterocycles. The fourth-order valence-electron chi connectivity index (χ4n) is 3.35. The second-order valence-corrected chi connectivity index (χ2v) is 10.7. The van der Waals surface area contributed by atoms with Gasteiger partial charge in [-0.1, -0.05) is 44.2 Å². The number of halogens is 2. The quantitative estimate of drug-likeness (QED) is 0.444. The van der Waals surface area contributed by atoms with E-state index in [1.54, 1.807) is 11.3 Å². The fourth-order valence-corrected chi connectivity index (χ4v) is 4.73. The van der Waals surface area contributed by atoms with E-state index < -0.39 is 0 Å². The number of benzene rings is 1. The molecule has 0 N–H and O–H groups in total. The Morgan fingerprint density at radius 3 is 2.68 bits per heavy atom. The lowest BCUT2D eigenvalue weighted by Crippen LogP contribution is -2.11. The first-order valence-electron chi connectivity index (χ1n) is 8.14. The lowest BCUT2D eigenvalue weighted by Gasteiger charge is -2.11. The zero-order chi connectivity index (χ0) is 18.2. The van der Waals surface area contributed by atoms with Gasteiger partial charge in [0.1, 0.15) is 6.61 Å². The largest absolute Gasteiger partial charge is 0.461 e. The highest BCUT2D eigenvalue weighted by atomic mass is 79.9. The number of esters is 1. The first-order chi connectivity index (χ1) is 11.8. The van der Waals surface area contributed by atoms with E-state index in [4.69, 9.17) is 4.74 Å². The highest BCUT2D eigenvalue weighted by Gasteiger charge is 2.61. The SMILES string of the molecule is Cc1c(COC(=O)[C@@H]2[C@H](C=C(Br)Br)C2(C)C)cccc1-c1cccs1. The second-order valence-electron chi connectivity index (χ2n) is 6.96. The molecule has 0 radical (unpaired) electrons. The number of ether oxygens (including phenoxy) is 1. The molecule has 1 aliphatic carbocycles. The van der Waals surface area contributed by atoms with Gasteiger partial charge in [-0.2, -0.15) is 0 Å². The molecule has 0 saturated heterocycles. The Morgan fingerprint density at radius 1 is 1.28 bits per heavy atom. The van der Waals surface area contributed by atoms with Crippen molar-refractivity contribution in [2.45, 2.75) is 27.4 Å². The van der Waals surface area contributed by atoms with E-state index in [0.29, 0.717) is 6.61 Å². The maximum atomic E-state index is 12.5. The van der Waals surface area contributed by atoms with Gasteiger partial charge in [-0.3, -0.25) is 4.79 Å². The van der Waals surface area contributed by atoms with Crippen LogP contribution in [-0.2, 0) is 16.1 Å². The summed E-state index contributed by atoms with van der Waals surface area (Å²) in [7, 11) is 0. The fraction of sp³-hybridized carbons (Fsp3) is 0.350. The van der Waals surface area contributed by atoms with Gasteiger partial charge in [-0.25, -0.2) is 0 Å². The molecule has 2 nitrogen and oxygen atoms in total. The molecule has 3 rings (SSSR count). The summed E-state index contributed by atoms with van der Waals surface area (Å²) >= 11 is 8.48. The molecule has 0 bridgehead atoms. The van der Waals surface area contributed by atoms with Gasteiger partial charge in [-0.15, -0.1) is 11.3 Å². The Labute approximate surface area is 169 Å². The highest BCUT2D eigenvalue weighted by Crippen LogP contribution is 2.60. The Hall–Kier alpha value is -0.910. The van der Waals surface area contributed by atoms with Gasteiger partial charge in [0.15, 0.2) is 0 Å². The van der Waals surface area contributed by atoms with Crippen LogP contribution in [0.1, 0.15) is 25.0 Å². The van der Waals surface area contributed by atoms with Crippen LogP contribution in [0.15, 0.2) is 45.2 Å². The van der Waals surface area contributed by atoms with Crippen molar-refractivity contribution < 1.29 is 9.53 Å². The van der Waals surface area contributed by atoms with Crippen LogP contribution in [-0.4, -0.2) is 5.97 Å². The number of carbonyl (C=O) groups is 1. The van der Waals surface area contributed by atoms with Crippen LogP contribution in [0.4, 0.5) is 0 Å². The van der Waals surface area contributed by atoms with Crippen molar-refractivity contribution >= 4 is 49.2 Å². The summed E-state index contributed by atoms with van der Waals surface area (Å²) in [4.78, 5) is 13.8. The minimum atomic E-state index is -0.117. The monoisotopic (exact) mass is 482 g/mol. The van der Waals surface area contributed by atoms with E-state index in [2.05, 4.69) is 76.2 Å². The van der Waals surface area contributed by atoms with E-state index in [0.717, 1.165) is 8.96 Å². The van der Waals surface area contributed by atoms with Crippen molar-refractivity contribution in [1.29, 1.82) is 0 Å². The van der Waals surface area contributed by atoms with Crippen LogP contribution in [0.3, 0.4) is 0 Å². The lowest BCUT2D eigenvalue weighted by atomic mass is 10.0. The number of hydrogen-bond donors (Lipinski definition) is 0. The molecule has 132 valence electrons. The number of hydrogen-bond acceptors (Lipinski definition) is 3. The number of rotatable bonds is 5. The van der Waals surface area contributed by atoms with Gasteiger partial charge in [0.2, 0.25) is 0 Å². The predicted molar refractivity (Wildman–Crippen MR) is 111 cm³/mol. The minimum Gasteiger partial charge on any atom is -0.461 e. The van der Waals surface area contributed by atoms with Crippen molar-refractivity contribution in [3.8, 4) is 10.4 Å². The summed E-state index contributed by atoms with van der Waals surface area (Å²) in [6, 6.07) is 10.3. The highest BCUT2D eigenvalue weighted by molar-refractivity contribution is 9.28.